The van der Waals surface area contributed by atoms with Crippen molar-refractivity contribution >= 4 is 26.7 Å². The van der Waals surface area contributed by atoms with Crippen molar-refractivity contribution in [3.8, 4) is 5.75 Å². The van der Waals surface area contributed by atoms with Gasteiger partial charge in [-0.1, -0.05) is 19.1 Å². The fraction of sp³-hybridized carbons (Fsp3) is 0.435. The van der Waals surface area contributed by atoms with E-state index in [0.717, 1.165) is 56.2 Å². The number of rotatable bonds is 7. The molecular formula is C23H31N5O3S. The van der Waals surface area contributed by atoms with Gasteiger partial charge in [-0.25, -0.2) is 17.7 Å². The number of piperazine rings is 1. The number of hydrogen-bond acceptors (Lipinski definition) is 6. The highest BCUT2D eigenvalue weighted by Crippen LogP contribution is 2.28. The maximum Gasteiger partial charge on any atom is 0.242 e. The van der Waals surface area contributed by atoms with Crippen LogP contribution in [0.2, 0.25) is 0 Å². The van der Waals surface area contributed by atoms with Crippen LogP contribution in [0.3, 0.4) is 0 Å². The summed E-state index contributed by atoms with van der Waals surface area (Å²) in [6.45, 7) is 7.07. The molecule has 2 heterocycles. The van der Waals surface area contributed by atoms with E-state index in [-0.39, 0.29) is 4.90 Å². The van der Waals surface area contributed by atoms with Crippen LogP contribution in [0, 0.1) is 0 Å². The molecule has 0 radical (unpaired) electrons. The largest absolute Gasteiger partial charge is 0.506 e. The summed E-state index contributed by atoms with van der Waals surface area (Å²) in [6.07, 6.45) is 0.970. The van der Waals surface area contributed by atoms with Gasteiger partial charge < -0.3 is 14.6 Å². The molecule has 32 heavy (non-hydrogen) atoms. The normalized spacial score (nSPS) is 15.7. The summed E-state index contributed by atoms with van der Waals surface area (Å²) in [6, 6.07) is 12.7. The molecule has 1 N–H and O–H groups in total. The van der Waals surface area contributed by atoms with Gasteiger partial charge in [0.15, 0.2) is 0 Å². The van der Waals surface area contributed by atoms with Gasteiger partial charge in [0, 0.05) is 46.8 Å². The molecule has 1 aromatic heterocycles. The van der Waals surface area contributed by atoms with Gasteiger partial charge >= 0.3 is 0 Å². The number of benzene rings is 2. The average molecular weight is 458 g/mol. The molecule has 0 amide bonds. The van der Waals surface area contributed by atoms with Gasteiger partial charge in [0.2, 0.25) is 10.0 Å². The highest BCUT2D eigenvalue weighted by molar-refractivity contribution is 7.89. The van der Waals surface area contributed by atoms with Gasteiger partial charge in [-0.2, -0.15) is 0 Å². The summed E-state index contributed by atoms with van der Waals surface area (Å²) >= 11 is 0. The predicted octanol–water partition coefficient (Wildman–Crippen LogP) is 2.72. The summed E-state index contributed by atoms with van der Waals surface area (Å²) in [4.78, 5) is 9.67. The summed E-state index contributed by atoms with van der Waals surface area (Å²) in [5, 5.41) is 10.1. The molecule has 3 aromatic rings. The van der Waals surface area contributed by atoms with E-state index in [9.17, 15) is 13.5 Å². The molecule has 172 valence electrons. The Hall–Kier alpha value is -2.62. The van der Waals surface area contributed by atoms with Crippen molar-refractivity contribution < 1.29 is 13.5 Å². The third-order valence-electron chi connectivity index (χ3n) is 5.98. The molecular weight excluding hydrogens is 426 g/mol. The van der Waals surface area contributed by atoms with Crippen molar-refractivity contribution in [1.29, 1.82) is 0 Å². The number of hydrogen-bond donors (Lipinski definition) is 1. The van der Waals surface area contributed by atoms with Crippen LogP contribution in [0.1, 0.15) is 19.2 Å². The fourth-order valence-electron chi connectivity index (χ4n) is 4.20. The molecule has 0 saturated carbocycles. The lowest BCUT2D eigenvalue weighted by molar-refractivity contribution is 0.240. The Bertz CT molecular complexity index is 1200. The molecule has 0 bridgehead atoms. The molecule has 1 aliphatic rings. The molecule has 1 aliphatic heterocycles. The second-order valence-electron chi connectivity index (χ2n) is 8.37. The number of fused-ring (bicyclic) bond motifs is 1. The van der Waals surface area contributed by atoms with E-state index in [1.54, 1.807) is 18.2 Å². The van der Waals surface area contributed by atoms with E-state index in [0.29, 0.717) is 17.8 Å². The Morgan fingerprint density at radius 1 is 1.06 bits per heavy atom. The SMILES string of the molecule is CCCn1c(CN2CCN(c3ccccc3O)CC2)nc2cc(S(=O)(=O)N(C)C)ccc21. The maximum absolute atomic E-state index is 12.5. The molecule has 1 saturated heterocycles. The monoisotopic (exact) mass is 457 g/mol. The molecule has 8 nitrogen and oxygen atoms in total. The topological polar surface area (TPSA) is 81.9 Å². The minimum absolute atomic E-state index is 0.263. The molecule has 0 aliphatic carbocycles. The number of nitrogens with zero attached hydrogens (tertiary/aromatic N) is 5. The highest BCUT2D eigenvalue weighted by Gasteiger charge is 2.23. The molecule has 0 atom stereocenters. The third-order valence-corrected chi connectivity index (χ3v) is 7.80. The fourth-order valence-corrected chi connectivity index (χ4v) is 5.13. The number of aryl methyl sites for hydroxylation is 1. The Labute approximate surface area is 189 Å². The number of aromatic nitrogens is 2. The lowest BCUT2D eigenvalue weighted by Crippen LogP contribution is -2.46. The molecule has 0 unspecified atom stereocenters. The lowest BCUT2D eigenvalue weighted by atomic mass is 10.2. The average Bonchev–Trinajstić information content (AvgIpc) is 3.11. The number of para-hydroxylation sites is 2. The van der Waals surface area contributed by atoms with Crippen LogP contribution in [0.15, 0.2) is 47.4 Å². The van der Waals surface area contributed by atoms with Gasteiger partial charge in [0.25, 0.3) is 0 Å². The van der Waals surface area contributed by atoms with E-state index >= 15 is 0 Å². The van der Waals surface area contributed by atoms with E-state index in [2.05, 4.69) is 21.3 Å². The zero-order valence-corrected chi connectivity index (χ0v) is 19.7. The smallest absolute Gasteiger partial charge is 0.242 e. The quantitative estimate of drug-likeness (QED) is 0.588. The minimum atomic E-state index is -3.50. The van der Waals surface area contributed by atoms with Gasteiger partial charge in [-0.3, -0.25) is 4.90 Å². The van der Waals surface area contributed by atoms with Crippen LogP contribution >= 0.6 is 0 Å². The Balaban J connectivity index is 1.55. The number of phenols is 1. The van der Waals surface area contributed by atoms with Crippen LogP contribution in [-0.2, 0) is 23.1 Å². The highest BCUT2D eigenvalue weighted by atomic mass is 32.2. The summed E-state index contributed by atoms with van der Waals surface area (Å²) in [5.41, 5.74) is 2.55. The number of sulfonamides is 1. The molecule has 1 fully saturated rings. The minimum Gasteiger partial charge on any atom is -0.506 e. The molecule has 2 aromatic carbocycles. The Kier molecular flexibility index (Phi) is 6.41. The summed E-state index contributed by atoms with van der Waals surface area (Å²) < 4.78 is 28.5. The first-order valence-electron chi connectivity index (χ1n) is 11.0. The zero-order valence-electron chi connectivity index (χ0n) is 18.9. The number of imidazole rings is 1. The van der Waals surface area contributed by atoms with E-state index in [1.807, 2.05) is 24.3 Å². The molecule has 4 rings (SSSR count). The first-order chi connectivity index (χ1) is 15.3. The van der Waals surface area contributed by atoms with Gasteiger partial charge in [0.1, 0.15) is 11.6 Å². The van der Waals surface area contributed by atoms with Crippen molar-refractivity contribution in [2.24, 2.45) is 0 Å². The number of phenolic OH excluding ortho intramolecular Hbond substituents is 1. The van der Waals surface area contributed by atoms with Gasteiger partial charge in [-0.05, 0) is 36.8 Å². The first-order valence-corrected chi connectivity index (χ1v) is 12.4. The first kappa shape index (κ1) is 22.6. The van der Waals surface area contributed by atoms with Crippen molar-refractivity contribution in [3.63, 3.8) is 0 Å². The van der Waals surface area contributed by atoms with Crippen molar-refractivity contribution in [2.75, 3.05) is 45.2 Å². The lowest BCUT2D eigenvalue weighted by Gasteiger charge is -2.36. The summed E-state index contributed by atoms with van der Waals surface area (Å²) in [5.74, 6) is 1.27. The van der Waals surface area contributed by atoms with Crippen LogP contribution in [-0.4, -0.2) is 72.6 Å². The van der Waals surface area contributed by atoms with Crippen LogP contribution in [0.5, 0.6) is 5.75 Å². The third kappa shape index (κ3) is 4.32. The van der Waals surface area contributed by atoms with Crippen molar-refractivity contribution in [3.05, 3.63) is 48.3 Å². The van der Waals surface area contributed by atoms with E-state index < -0.39 is 10.0 Å². The van der Waals surface area contributed by atoms with Crippen LogP contribution in [0.4, 0.5) is 5.69 Å². The van der Waals surface area contributed by atoms with Gasteiger partial charge in [0.05, 0.1) is 28.2 Å². The second-order valence-corrected chi connectivity index (χ2v) is 10.5. The Morgan fingerprint density at radius 2 is 1.78 bits per heavy atom. The van der Waals surface area contributed by atoms with Crippen LogP contribution < -0.4 is 4.90 Å². The Morgan fingerprint density at radius 3 is 2.44 bits per heavy atom. The van der Waals surface area contributed by atoms with Crippen molar-refractivity contribution in [2.45, 2.75) is 31.3 Å². The standard InChI is InChI=1S/C23H31N5O3S/c1-4-11-28-20-10-9-18(32(30,31)25(2)3)16-19(20)24-23(28)17-26-12-14-27(15-13-26)21-7-5-6-8-22(21)29/h5-10,16,29H,4,11-15,17H2,1-3H3. The number of aromatic hydroxyl groups is 1. The molecule has 9 heteroatoms. The predicted molar refractivity (Wildman–Crippen MR) is 126 cm³/mol. The number of anilines is 1. The van der Waals surface area contributed by atoms with E-state index in [1.165, 1.54) is 18.4 Å². The maximum atomic E-state index is 12.5. The molecule has 0 spiro atoms. The van der Waals surface area contributed by atoms with Crippen LogP contribution in [0.25, 0.3) is 11.0 Å². The summed E-state index contributed by atoms with van der Waals surface area (Å²) in [7, 11) is -0.425. The van der Waals surface area contributed by atoms with Gasteiger partial charge in [-0.15, -0.1) is 0 Å². The zero-order chi connectivity index (χ0) is 22.9. The van der Waals surface area contributed by atoms with Crippen molar-refractivity contribution in [1.82, 2.24) is 18.8 Å². The second kappa shape index (κ2) is 9.09. The van der Waals surface area contributed by atoms with E-state index in [4.69, 9.17) is 4.98 Å².